The minimum absolute atomic E-state index is 0.0816. The lowest BCUT2D eigenvalue weighted by molar-refractivity contribution is 0.0596. The van der Waals surface area contributed by atoms with Crippen LogP contribution in [0.25, 0.3) is 10.8 Å². The van der Waals surface area contributed by atoms with Gasteiger partial charge in [0, 0.05) is 27.6 Å². The highest BCUT2D eigenvalue weighted by molar-refractivity contribution is 9.10. The Morgan fingerprint density at radius 1 is 1.44 bits per heavy atom. The molecule has 0 bridgehead atoms. The van der Waals surface area contributed by atoms with Gasteiger partial charge in [0.25, 0.3) is 0 Å². The summed E-state index contributed by atoms with van der Waals surface area (Å²) in [5.41, 5.74) is -0.0816. The average molecular weight is 284 g/mol. The molecule has 0 fully saturated rings. The van der Waals surface area contributed by atoms with Crippen LogP contribution in [0.15, 0.2) is 29.0 Å². The van der Waals surface area contributed by atoms with Crippen LogP contribution in [0.5, 0.6) is 0 Å². The lowest BCUT2D eigenvalue weighted by atomic mass is 10.1. The maximum atomic E-state index is 13.5. The highest BCUT2D eigenvalue weighted by Gasteiger charge is 2.14. The molecule has 0 saturated carbocycles. The van der Waals surface area contributed by atoms with Crippen LogP contribution in [0.4, 0.5) is 4.39 Å². The molecular formula is C11H7BrFNO2. The van der Waals surface area contributed by atoms with Crippen molar-refractivity contribution in [2.75, 3.05) is 7.11 Å². The van der Waals surface area contributed by atoms with Gasteiger partial charge in [-0.05, 0) is 28.1 Å². The predicted octanol–water partition coefficient (Wildman–Crippen LogP) is 2.92. The van der Waals surface area contributed by atoms with E-state index in [0.29, 0.717) is 9.86 Å². The Labute approximate surface area is 99.4 Å². The number of benzene rings is 1. The van der Waals surface area contributed by atoms with Crippen LogP contribution in [-0.2, 0) is 4.74 Å². The first-order chi connectivity index (χ1) is 7.63. The fraction of sp³-hybridized carbons (Fsp3) is 0.0909. The molecule has 0 N–H and O–H groups in total. The second kappa shape index (κ2) is 4.17. The Morgan fingerprint density at radius 3 is 2.88 bits per heavy atom. The number of hydrogen-bond donors (Lipinski definition) is 0. The molecule has 0 amide bonds. The minimum atomic E-state index is -0.692. The van der Waals surface area contributed by atoms with Crippen molar-refractivity contribution in [3.8, 4) is 0 Å². The number of ether oxygens (including phenoxy) is 1. The molecule has 3 nitrogen and oxygen atoms in total. The van der Waals surface area contributed by atoms with E-state index in [-0.39, 0.29) is 5.56 Å². The monoisotopic (exact) mass is 283 g/mol. The van der Waals surface area contributed by atoms with Crippen molar-refractivity contribution in [2.45, 2.75) is 0 Å². The number of carbonyl (C=O) groups excluding carboxylic acids is 1. The summed E-state index contributed by atoms with van der Waals surface area (Å²) in [6, 6.07) is 2.71. The number of halogens is 2. The van der Waals surface area contributed by atoms with Gasteiger partial charge in [0.05, 0.1) is 12.7 Å². The number of rotatable bonds is 1. The van der Waals surface area contributed by atoms with Gasteiger partial charge < -0.3 is 4.74 Å². The van der Waals surface area contributed by atoms with Gasteiger partial charge in [-0.3, -0.25) is 4.98 Å². The molecular weight excluding hydrogens is 277 g/mol. The molecule has 16 heavy (non-hydrogen) atoms. The van der Waals surface area contributed by atoms with Crippen LogP contribution >= 0.6 is 15.9 Å². The van der Waals surface area contributed by atoms with E-state index in [1.807, 2.05) is 0 Å². The number of esters is 1. The van der Waals surface area contributed by atoms with E-state index in [2.05, 4.69) is 25.7 Å². The molecule has 0 atom stereocenters. The molecule has 2 rings (SSSR count). The molecule has 82 valence electrons. The SMILES string of the molecule is COC(=O)c1cc2c(Br)cncc2cc1F. The fourth-order valence-electron chi connectivity index (χ4n) is 1.42. The molecule has 0 spiro atoms. The van der Waals surface area contributed by atoms with Gasteiger partial charge in [0.1, 0.15) is 5.82 Å². The van der Waals surface area contributed by atoms with Gasteiger partial charge in [-0.15, -0.1) is 0 Å². The quantitative estimate of drug-likeness (QED) is 0.756. The number of hydrogen-bond acceptors (Lipinski definition) is 3. The maximum absolute atomic E-state index is 13.5. The predicted molar refractivity (Wildman–Crippen MR) is 60.7 cm³/mol. The highest BCUT2D eigenvalue weighted by atomic mass is 79.9. The van der Waals surface area contributed by atoms with Crippen LogP contribution in [0.2, 0.25) is 0 Å². The van der Waals surface area contributed by atoms with Gasteiger partial charge >= 0.3 is 5.97 Å². The van der Waals surface area contributed by atoms with E-state index in [0.717, 1.165) is 5.39 Å². The van der Waals surface area contributed by atoms with E-state index in [1.54, 1.807) is 6.20 Å². The molecule has 0 aliphatic heterocycles. The summed E-state index contributed by atoms with van der Waals surface area (Å²) in [6.07, 6.45) is 3.12. The van der Waals surface area contributed by atoms with Gasteiger partial charge in [-0.1, -0.05) is 0 Å². The Balaban J connectivity index is 2.74. The number of aromatic nitrogens is 1. The Bertz CT molecular complexity index is 571. The van der Waals surface area contributed by atoms with E-state index >= 15 is 0 Å². The third-order valence-corrected chi connectivity index (χ3v) is 2.84. The summed E-state index contributed by atoms with van der Waals surface area (Å²) in [4.78, 5) is 15.2. The molecule has 1 aromatic carbocycles. The molecule has 0 saturated heterocycles. The average Bonchev–Trinajstić information content (AvgIpc) is 2.28. The Morgan fingerprint density at radius 2 is 2.19 bits per heavy atom. The smallest absolute Gasteiger partial charge is 0.340 e. The van der Waals surface area contributed by atoms with E-state index in [9.17, 15) is 9.18 Å². The number of pyridine rings is 1. The van der Waals surface area contributed by atoms with Crippen LogP contribution < -0.4 is 0 Å². The number of fused-ring (bicyclic) bond motifs is 1. The topological polar surface area (TPSA) is 39.2 Å². The minimum Gasteiger partial charge on any atom is -0.465 e. The van der Waals surface area contributed by atoms with Gasteiger partial charge in [0.2, 0.25) is 0 Å². The summed E-state index contributed by atoms with van der Waals surface area (Å²) in [5, 5.41) is 1.34. The normalized spacial score (nSPS) is 10.4. The van der Waals surface area contributed by atoms with Crippen LogP contribution in [0.1, 0.15) is 10.4 Å². The standard InChI is InChI=1S/C11H7BrFNO2/c1-16-11(15)8-3-7-6(2-10(8)13)4-14-5-9(7)12/h2-5H,1H3. The summed E-state index contributed by atoms with van der Waals surface area (Å²) in [6.45, 7) is 0. The summed E-state index contributed by atoms with van der Waals surface area (Å²) >= 11 is 3.29. The summed E-state index contributed by atoms with van der Waals surface area (Å²) < 4.78 is 18.7. The molecule has 1 heterocycles. The van der Waals surface area contributed by atoms with Gasteiger partial charge in [0.15, 0.2) is 0 Å². The van der Waals surface area contributed by atoms with Crippen molar-refractivity contribution >= 4 is 32.7 Å². The van der Waals surface area contributed by atoms with Crippen molar-refractivity contribution in [1.82, 2.24) is 4.98 Å². The molecule has 0 aliphatic carbocycles. The first-order valence-corrected chi connectivity index (χ1v) is 5.24. The van der Waals surface area contributed by atoms with Crippen molar-refractivity contribution in [2.24, 2.45) is 0 Å². The van der Waals surface area contributed by atoms with Crippen molar-refractivity contribution in [1.29, 1.82) is 0 Å². The zero-order valence-corrected chi connectivity index (χ0v) is 9.92. The third-order valence-electron chi connectivity index (χ3n) is 2.20. The molecule has 5 heteroatoms. The molecule has 0 radical (unpaired) electrons. The Kier molecular flexibility index (Phi) is 2.87. The van der Waals surface area contributed by atoms with Crippen molar-refractivity contribution in [3.63, 3.8) is 0 Å². The maximum Gasteiger partial charge on any atom is 0.340 e. The summed E-state index contributed by atoms with van der Waals surface area (Å²) in [7, 11) is 1.22. The highest BCUT2D eigenvalue weighted by Crippen LogP contribution is 2.25. The first kappa shape index (κ1) is 11.0. The molecule has 0 aliphatic rings. The third kappa shape index (κ3) is 1.78. The largest absolute Gasteiger partial charge is 0.465 e. The zero-order chi connectivity index (χ0) is 11.7. The van der Waals surface area contributed by atoms with Gasteiger partial charge in [-0.2, -0.15) is 0 Å². The van der Waals surface area contributed by atoms with Crippen molar-refractivity contribution < 1.29 is 13.9 Å². The lowest BCUT2D eigenvalue weighted by Crippen LogP contribution is -2.04. The number of nitrogens with zero attached hydrogens (tertiary/aromatic N) is 1. The zero-order valence-electron chi connectivity index (χ0n) is 8.33. The van der Waals surface area contributed by atoms with Crippen molar-refractivity contribution in [3.05, 3.63) is 40.4 Å². The molecule has 0 unspecified atom stereocenters. The van der Waals surface area contributed by atoms with Crippen LogP contribution in [-0.4, -0.2) is 18.1 Å². The first-order valence-electron chi connectivity index (χ1n) is 4.44. The lowest BCUT2D eigenvalue weighted by Gasteiger charge is -2.04. The molecule has 2 aromatic rings. The van der Waals surface area contributed by atoms with Crippen LogP contribution in [0.3, 0.4) is 0 Å². The number of carbonyl (C=O) groups is 1. The number of methoxy groups -OCH3 is 1. The second-order valence-corrected chi connectivity index (χ2v) is 4.02. The Hall–Kier alpha value is -1.49. The fourth-order valence-corrected chi connectivity index (χ4v) is 1.88. The second-order valence-electron chi connectivity index (χ2n) is 3.17. The van der Waals surface area contributed by atoms with E-state index in [4.69, 9.17) is 0 Å². The van der Waals surface area contributed by atoms with E-state index < -0.39 is 11.8 Å². The van der Waals surface area contributed by atoms with E-state index in [1.165, 1.54) is 25.4 Å². The summed E-state index contributed by atoms with van der Waals surface area (Å²) in [5.74, 6) is -1.30. The molecule has 1 aromatic heterocycles. The van der Waals surface area contributed by atoms with Gasteiger partial charge in [-0.25, -0.2) is 9.18 Å². The van der Waals surface area contributed by atoms with Crippen LogP contribution in [0, 0.1) is 5.82 Å².